The third-order valence-corrected chi connectivity index (χ3v) is 7.42. The van der Waals surface area contributed by atoms with Crippen LogP contribution in [-0.2, 0) is 11.2 Å². The Balaban J connectivity index is 1.28. The minimum Gasteiger partial charge on any atom is -0.490 e. The maximum absolute atomic E-state index is 13.0. The largest absolute Gasteiger partial charge is 0.490 e. The van der Waals surface area contributed by atoms with Crippen LogP contribution in [0.25, 0.3) is 11.1 Å². The van der Waals surface area contributed by atoms with Gasteiger partial charge in [-0.3, -0.25) is 4.79 Å². The quantitative estimate of drug-likeness (QED) is 0.498. The Kier molecular flexibility index (Phi) is 6.96. The molecule has 0 unspecified atom stereocenters. The smallest absolute Gasteiger partial charge is 0.231 e. The van der Waals surface area contributed by atoms with Crippen molar-refractivity contribution in [3.8, 4) is 16.9 Å². The van der Waals surface area contributed by atoms with E-state index in [-0.39, 0.29) is 5.91 Å². The zero-order valence-electron chi connectivity index (χ0n) is 19.7. The lowest BCUT2D eigenvalue weighted by atomic mass is 9.77. The van der Waals surface area contributed by atoms with Crippen molar-refractivity contribution < 1.29 is 14.6 Å². The number of hydrogen-bond donors (Lipinski definition) is 1. The van der Waals surface area contributed by atoms with Gasteiger partial charge < -0.3 is 14.7 Å². The van der Waals surface area contributed by atoms with Crippen molar-refractivity contribution in [2.45, 2.75) is 44.4 Å². The van der Waals surface area contributed by atoms with E-state index in [1.807, 2.05) is 41.3 Å². The molecule has 4 nitrogen and oxygen atoms in total. The van der Waals surface area contributed by atoms with Crippen LogP contribution in [0.3, 0.4) is 0 Å². The normalized spacial score (nSPS) is 19.9. The summed E-state index contributed by atoms with van der Waals surface area (Å²) in [5.41, 5.74) is 5.57. The van der Waals surface area contributed by atoms with Crippen LogP contribution >= 0.6 is 0 Å². The first-order chi connectivity index (χ1) is 16.7. The van der Waals surface area contributed by atoms with Gasteiger partial charge in [0.1, 0.15) is 12.4 Å². The molecule has 0 spiro atoms. The van der Waals surface area contributed by atoms with Gasteiger partial charge in [-0.25, -0.2) is 0 Å². The van der Waals surface area contributed by atoms with Crippen molar-refractivity contribution >= 4 is 11.6 Å². The molecule has 0 aromatic heterocycles. The third kappa shape index (κ3) is 5.02. The number of anilines is 1. The predicted molar refractivity (Wildman–Crippen MR) is 136 cm³/mol. The second-order valence-electron chi connectivity index (χ2n) is 9.59. The lowest BCUT2D eigenvalue weighted by molar-refractivity contribution is -0.118. The van der Waals surface area contributed by atoms with Crippen LogP contribution in [0.15, 0.2) is 72.8 Å². The molecule has 1 aliphatic heterocycles. The van der Waals surface area contributed by atoms with Gasteiger partial charge in [-0.05, 0) is 78.3 Å². The number of benzene rings is 3. The molecule has 1 fully saturated rings. The monoisotopic (exact) mass is 455 g/mol. The molecule has 0 atom stereocenters. The summed E-state index contributed by atoms with van der Waals surface area (Å²) in [7, 11) is 0. The second-order valence-corrected chi connectivity index (χ2v) is 9.59. The van der Waals surface area contributed by atoms with Crippen LogP contribution in [0.5, 0.6) is 5.75 Å². The first-order valence-corrected chi connectivity index (χ1v) is 12.5. The summed E-state index contributed by atoms with van der Waals surface area (Å²) >= 11 is 0. The topological polar surface area (TPSA) is 49.8 Å². The maximum atomic E-state index is 13.0. The van der Waals surface area contributed by atoms with Gasteiger partial charge in [-0.1, -0.05) is 60.7 Å². The number of aliphatic hydroxyl groups excluding tert-OH is 1. The molecular formula is C30H33NO3. The van der Waals surface area contributed by atoms with Crippen molar-refractivity contribution in [1.82, 2.24) is 0 Å². The Labute approximate surface area is 202 Å². The first-order valence-electron chi connectivity index (χ1n) is 12.5. The fourth-order valence-electron chi connectivity index (χ4n) is 5.44. The van der Waals surface area contributed by atoms with E-state index >= 15 is 0 Å². The number of amides is 1. The second kappa shape index (κ2) is 10.4. The molecule has 34 heavy (non-hydrogen) atoms. The Morgan fingerprint density at radius 1 is 0.912 bits per heavy atom. The van der Waals surface area contributed by atoms with E-state index in [0.717, 1.165) is 34.5 Å². The number of carbonyl (C=O) groups is 1. The first kappa shape index (κ1) is 22.7. The highest BCUT2D eigenvalue weighted by Gasteiger charge is 2.25. The summed E-state index contributed by atoms with van der Waals surface area (Å²) in [6.07, 6.45) is 6.20. The number of hydrogen-bond acceptors (Lipinski definition) is 3. The van der Waals surface area contributed by atoms with E-state index in [9.17, 15) is 9.90 Å². The van der Waals surface area contributed by atoms with Crippen LogP contribution in [0.1, 0.15) is 49.1 Å². The third-order valence-electron chi connectivity index (χ3n) is 7.42. The van der Waals surface area contributed by atoms with Crippen LogP contribution in [0, 0.1) is 5.92 Å². The average Bonchev–Trinajstić information content (AvgIpc) is 2.89. The minimum atomic E-state index is 0.0987. The zero-order valence-corrected chi connectivity index (χ0v) is 19.7. The summed E-state index contributed by atoms with van der Waals surface area (Å²) in [5.74, 6) is 2.19. The summed E-state index contributed by atoms with van der Waals surface area (Å²) in [6, 6.07) is 25.0. The number of nitrogens with zero attached hydrogens (tertiary/aromatic N) is 1. The number of fused-ring (bicyclic) bond motifs is 1. The van der Waals surface area contributed by atoms with E-state index in [4.69, 9.17) is 4.74 Å². The van der Waals surface area contributed by atoms with Crippen LogP contribution in [-0.4, -0.2) is 30.8 Å². The molecule has 1 heterocycles. The molecule has 0 bridgehead atoms. The molecule has 0 saturated heterocycles. The lowest BCUT2D eigenvalue weighted by Crippen LogP contribution is -2.38. The van der Waals surface area contributed by atoms with Gasteiger partial charge in [0.2, 0.25) is 5.91 Å². The predicted octanol–water partition coefficient (Wildman–Crippen LogP) is 5.98. The highest BCUT2D eigenvalue weighted by molar-refractivity contribution is 5.97. The maximum Gasteiger partial charge on any atom is 0.231 e. The van der Waals surface area contributed by atoms with Gasteiger partial charge in [0.15, 0.2) is 0 Å². The van der Waals surface area contributed by atoms with Gasteiger partial charge in [0.05, 0.1) is 18.7 Å². The van der Waals surface area contributed by atoms with Crippen LogP contribution in [0.2, 0.25) is 0 Å². The highest BCUT2D eigenvalue weighted by atomic mass is 16.5. The molecule has 1 aliphatic carbocycles. The molecular weight excluding hydrogens is 422 g/mol. The zero-order chi connectivity index (χ0) is 23.3. The standard InChI is InChI=1S/C30H33NO3/c32-18-16-22-6-8-24(9-7-22)25-10-12-26(13-11-25)27-14-15-28-29(21-27)34-19-17-31(28)30(33)20-23-4-2-1-3-5-23/h1-5,10-15,21-22,24,32H,6-9,16-20H2. The molecule has 176 valence electrons. The lowest BCUT2D eigenvalue weighted by Gasteiger charge is -2.30. The van der Waals surface area contributed by atoms with Crippen LogP contribution in [0.4, 0.5) is 5.69 Å². The number of ether oxygens (including phenoxy) is 1. The van der Waals surface area contributed by atoms with Gasteiger partial charge in [0.25, 0.3) is 0 Å². The fraction of sp³-hybridized carbons (Fsp3) is 0.367. The van der Waals surface area contributed by atoms with Crippen LogP contribution < -0.4 is 9.64 Å². The fourth-order valence-corrected chi connectivity index (χ4v) is 5.44. The molecule has 4 heteroatoms. The Bertz CT molecular complexity index is 1100. The summed E-state index contributed by atoms with van der Waals surface area (Å²) in [5, 5.41) is 9.19. The van der Waals surface area contributed by atoms with E-state index in [1.165, 1.54) is 31.2 Å². The number of rotatable bonds is 6. The van der Waals surface area contributed by atoms with Gasteiger partial charge in [-0.2, -0.15) is 0 Å². The Morgan fingerprint density at radius 2 is 1.65 bits per heavy atom. The molecule has 1 saturated carbocycles. The molecule has 1 amide bonds. The summed E-state index contributed by atoms with van der Waals surface area (Å²) < 4.78 is 5.95. The van der Waals surface area contributed by atoms with E-state index in [2.05, 4.69) is 36.4 Å². The van der Waals surface area contributed by atoms with Crippen molar-refractivity contribution in [2.75, 3.05) is 24.7 Å². The molecule has 3 aromatic carbocycles. The van der Waals surface area contributed by atoms with Gasteiger partial charge >= 0.3 is 0 Å². The Hall–Kier alpha value is -3.11. The minimum absolute atomic E-state index is 0.0987. The van der Waals surface area contributed by atoms with E-state index in [1.54, 1.807) is 0 Å². The van der Waals surface area contributed by atoms with Crippen molar-refractivity contribution in [2.24, 2.45) is 5.92 Å². The summed E-state index contributed by atoms with van der Waals surface area (Å²) in [6.45, 7) is 1.40. The average molecular weight is 456 g/mol. The molecule has 3 aromatic rings. The van der Waals surface area contributed by atoms with E-state index in [0.29, 0.717) is 38.0 Å². The SMILES string of the molecule is O=C(Cc1ccccc1)N1CCOc2cc(-c3ccc(C4CCC(CCO)CC4)cc3)ccc21. The van der Waals surface area contributed by atoms with E-state index < -0.39 is 0 Å². The molecule has 5 rings (SSSR count). The van der Waals surface area contributed by atoms with Gasteiger partial charge in [0, 0.05) is 6.61 Å². The van der Waals surface area contributed by atoms with Gasteiger partial charge in [-0.15, -0.1) is 0 Å². The Morgan fingerprint density at radius 3 is 2.38 bits per heavy atom. The summed E-state index contributed by atoms with van der Waals surface area (Å²) in [4.78, 5) is 14.8. The highest BCUT2D eigenvalue weighted by Crippen LogP contribution is 2.39. The van der Waals surface area contributed by atoms with Crippen molar-refractivity contribution in [3.05, 3.63) is 83.9 Å². The number of aliphatic hydroxyl groups is 1. The van der Waals surface area contributed by atoms with Crippen molar-refractivity contribution in [3.63, 3.8) is 0 Å². The number of carbonyl (C=O) groups excluding carboxylic acids is 1. The molecule has 2 aliphatic rings. The molecule has 0 radical (unpaired) electrons. The van der Waals surface area contributed by atoms with Crippen molar-refractivity contribution in [1.29, 1.82) is 0 Å². The molecule has 1 N–H and O–H groups in total.